The molecule has 86 valence electrons. The average Bonchev–Trinajstić information content (AvgIpc) is 2.10. The Balaban J connectivity index is 3.81. The molecule has 0 rings (SSSR count). The highest BCUT2D eigenvalue weighted by Crippen LogP contribution is 2.06. The monoisotopic (exact) mass is 213 g/mol. The van der Waals surface area contributed by atoms with Crippen molar-refractivity contribution in [1.29, 1.82) is 0 Å². The van der Waals surface area contributed by atoms with Gasteiger partial charge in [-0.1, -0.05) is 12.2 Å². The Hall–Kier alpha value is -1.36. The maximum absolute atomic E-state index is 10.6. The highest BCUT2D eigenvalue weighted by atomic mass is 16.4. The van der Waals surface area contributed by atoms with Gasteiger partial charge in [0.15, 0.2) is 0 Å². The molecular weight excluding hydrogens is 194 g/mol. The summed E-state index contributed by atoms with van der Waals surface area (Å²) in [4.78, 5) is 14.6. The molecule has 0 aliphatic heterocycles. The van der Waals surface area contributed by atoms with Crippen molar-refractivity contribution in [2.45, 2.75) is 32.2 Å². The zero-order valence-corrected chi connectivity index (χ0v) is 9.23. The largest absolute Gasteiger partial charge is 0.480 e. The van der Waals surface area contributed by atoms with Crippen LogP contribution in [0.1, 0.15) is 26.7 Å². The molecule has 0 aromatic rings. The van der Waals surface area contributed by atoms with Crippen LogP contribution in [0.5, 0.6) is 0 Å². The predicted molar refractivity (Wildman–Crippen MR) is 60.8 cm³/mol. The van der Waals surface area contributed by atoms with Gasteiger partial charge in [-0.15, -0.1) is 0 Å². The molecular formula is C10H19N3O2. The first kappa shape index (κ1) is 13.6. The first-order valence-electron chi connectivity index (χ1n) is 4.80. The highest BCUT2D eigenvalue weighted by Gasteiger charge is 2.25. The summed E-state index contributed by atoms with van der Waals surface area (Å²) in [6, 6.07) is 0. The third-order valence-electron chi connectivity index (χ3n) is 1.85. The molecule has 0 aliphatic carbocycles. The smallest absolute Gasteiger partial charge is 0.323 e. The van der Waals surface area contributed by atoms with Crippen LogP contribution in [0, 0.1) is 0 Å². The van der Waals surface area contributed by atoms with E-state index in [1.807, 2.05) is 6.08 Å². The number of aliphatic carboxylic acids is 1. The number of nitrogens with two attached hydrogens (primary N) is 2. The number of amidine groups is 1. The second kappa shape index (κ2) is 6.19. The van der Waals surface area contributed by atoms with Crippen LogP contribution in [-0.2, 0) is 4.79 Å². The van der Waals surface area contributed by atoms with E-state index in [-0.39, 0.29) is 0 Å². The zero-order chi connectivity index (χ0) is 11.9. The van der Waals surface area contributed by atoms with Gasteiger partial charge in [0, 0.05) is 6.54 Å². The number of aliphatic imine (C=N–C) groups is 1. The maximum Gasteiger partial charge on any atom is 0.323 e. The summed E-state index contributed by atoms with van der Waals surface area (Å²) >= 11 is 0. The molecule has 1 atom stereocenters. The average molecular weight is 213 g/mol. The Kier molecular flexibility index (Phi) is 5.62. The molecule has 0 bridgehead atoms. The SMILES string of the molecule is CC(N)=NCC/C=C\C[C@](C)(N)C(=O)O. The van der Waals surface area contributed by atoms with E-state index in [0.717, 1.165) is 6.42 Å². The van der Waals surface area contributed by atoms with Crippen molar-refractivity contribution in [1.82, 2.24) is 0 Å². The summed E-state index contributed by atoms with van der Waals surface area (Å²) in [5.74, 6) is -0.444. The Morgan fingerprint density at radius 1 is 1.53 bits per heavy atom. The molecule has 0 heterocycles. The maximum atomic E-state index is 10.6. The number of hydrogen-bond donors (Lipinski definition) is 3. The van der Waals surface area contributed by atoms with Gasteiger partial charge in [0.05, 0.1) is 5.84 Å². The molecule has 15 heavy (non-hydrogen) atoms. The number of carboxylic acids is 1. The fourth-order valence-corrected chi connectivity index (χ4v) is 0.849. The van der Waals surface area contributed by atoms with Crippen molar-refractivity contribution in [3.8, 4) is 0 Å². The molecule has 0 saturated carbocycles. The Morgan fingerprint density at radius 3 is 2.60 bits per heavy atom. The number of carboxylic acid groups (broad SMARTS) is 1. The van der Waals surface area contributed by atoms with Crippen molar-refractivity contribution in [2.75, 3.05) is 6.54 Å². The van der Waals surface area contributed by atoms with Crippen LogP contribution < -0.4 is 11.5 Å². The van der Waals surface area contributed by atoms with Crippen molar-refractivity contribution in [2.24, 2.45) is 16.5 Å². The number of carbonyl (C=O) groups is 1. The summed E-state index contributed by atoms with van der Waals surface area (Å²) in [6.07, 6.45) is 4.67. The molecule has 0 saturated heterocycles. The first-order chi connectivity index (χ1) is 6.86. The lowest BCUT2D eigenvalue weighted by atomic mass is 9.99. The van der Waals surface area contributed by atoms with Crippen LogP contribution in [0.25, 0.3) is 0 Å². The van der Waals surface area contributed by atoms with Crippen molar-refractivity contribution >= 4 is 11.8 Å². The second-order valence-corrected chi connectivity index (χ2v) is 3.71. The molecule has 0 radical (unpaired) electrons. The topological polar surface area (TPSA) is 102 Å². The van der Waals surface area contributed by atoms with Gasteiger partial charge in [-0.25, -0.2) is 0 Å². The fourth-order valence-electron chi connectivity index (χ4n) is 0.849. The van der Waals surface area contributed by atoms with E-state index in [2.05, 4.69) is 4.99 Å². The van der Waals surface area contributed by atoms with Gasteiger partial charge in [0.1, 0.15) is 5.54 Å². The van der Waals surface area contributed by atoms with E-state index in [4.69, 9.17) is 16.6 Å². The van der Waals surface area contributed by atoms with Crippen molar-refractivity contribution in [3.63, 3.8) is 0 Å². The molecule has 0 spiro atoms. The number of hydrogen-bond acceptors (Lipinski definition) is 3. The molecule has 0 fully saturated rings. The number of rotatable bonds is 6. The summed E-state index contributed by atoms with van der Waals surface area (Å²) in [6.45, 7) is 3.83. The van der Waals surface area contributed by atoms with E-state index >= 15 is 0 Å². The Bertz CT molecular complexity index is 266. The Labute approximate surface area is 89.9 Å². The van der Waals surface area contributed by atoms with Gasteiger partial charge >= 0.3 is 5.97 Å². The summed E-state index contributed by atoms with van der Waals surface area (Å²) < 4.78 is 0. The molecule has 5 N–H and O–H groups in total. The van der Waals surface area contributed by atoms with E-state index < -0.39 is 11.5 Å². The third-order valence-corrected chi connectivity index (χ3v) is 1.85. The van der Waals surface area contributed by atoms with Crippen LogP contribution in [0.2, 0.25) is 0 Å². The molecule has 0 aromatic heterocycles. The number of nitrogens with zero attached hydrogens (tertiary/aromatic N) is 1. The molecule has 0 aromatic carbocycles. The molecule has 0 amide bonds. The molecule has 5 nitrogen and oxygen atoms in total. The zero-order valence-electron chi connectivity index (χ0n) is 9.23. The van der Waals surface area contributed by atoms with Gasteiger partial charge in [-0.2, -0.15) is 0 Å². The van der Waals surface area contributed by atoms with Gasteiger partial charge in [-0.3, -0.25) is 9.79 Å². The molecule has 0 aliphatic rings. The normalized spacial score (nSPS) is 16.6. The lowest BCUT2D eigenvalue weighted by Crippen LogP contribution is -2.44. The minimum Gasteiger partial charge on any atom is -0.480 e. The van der Waals surface area contributed by atoms with Gasteiger partial charge < -0.3 is 16.6 Å². The van der Waals surface area contributed by atoms with Gasteiger partial charge in [-0.05, 0) is 26.7 Å². The van der Waals surface area contributed by atoms with Crippen LogP contribution in [0.15, 0.2) is 17.1 Å². The van der Waals surface area contributed by atoms with Gasteiger partial charge in [0.2, 0.25) is 0 Å². The fraction of sp³-hybridized carbons (Fsp3) is 0.600. The highest BCUT2D eigenvalue weighted by molar-refractivity contribution is 5.78. The summed E-state index contributed by atoms with van der Waals surface area (Å²) in [5, 5.41) is 8.72. The second-order valence-electron chi connectivity index (χ2n) is 3.71. The summed E-state index contributed by atoms with van der Waals surface area (Å²) in [5.41, 5.74) is 9.68. The van der Waals surface area contributed by atoms with Crippen LogP contribution in [0.3, 0.4) is 0 Å². The minimum atomic E-state index is -1.19. The quantitative estimate of drug-likeness (QED) is 0.259. The van der Waals surface area contributed by atoms with E-state index in [9.17, 15) is 4.79 Å². The van der Waals surface area contributed by atoms with Crippen molar-refractivity contribution < 1.29 is 9.90 Å². The van der Waals surface area contributed by atoms with Crippen molar-refractivity contribution in [3.05, 3.63) is 12.2 Å². The lowest BCUT2D eigenvalue weighted by Gasteiger charge is -2.15. The third kappa shape index (κ3) is 6.68. The van der Waals surface area contributed by atoms with Crippen LogP contribution in [0.4, 0.5) is 0 Å². The molecule has 5 heteroatoms. The van der Waals surface area contributed by atoms with Crippen LogP contribution >= 0.6 is 0 Å². The van der Waals surface area contributed by atoms with Gasteiger partial charge in [0.25, 0.3) is 0 Å². The molecule has 0 unspecified atom stereocenters. The first-order valence-corrected chi connectivity index (χ1v) is 4.80. The summed E-state index contributed by atoms with van der Waals surface area (Å²) in [7, 11) is 0. The predicted octanol–water partition coefficient (Wildman–Crippen LogP) is 0.502. The van der Waals surface area contributed by atoms with E-state index in [1.54, 1.807) is 13.0 Å². The minimum absolute atomic E-state index is 0.313. The van der Waals surface area contributed by atoms with E-state index in [1.165, 1.54) is 6.92 Å². The van der Waals surface area contributed by atoms with Crippen LogP contribution in [-0.4, -0.2) is 29.0 Å². The van der Waals surface area contributed by atoms with E-state index in [0.29, 0.717) is 18.8 Å². The standard InChI is InChI=1S/C10H19N3O2/c1-8(11)13-7-5-3-4-6-10(2,12)9(14)15/h3-4H,5-7,12H2,1-2H3,(H2,11,13)(H,14,15)/b4-3-/t10-/m0/s1. The Morgan fingerprint density at radius 2 is 2.13 bits per heavy atom. The lowest BCUT2D eigenvalue weighted by molar-refractivity contribution is -0.142.